The minimum absolute atomic E-state index is 0.418. The second-order valence-corrected chi connectivity index (χ2v) is 4.17. The molecule has 0 unspecified atom stereocenters. The highest BCUT2D eigenvalue weighted by molar-refractivity contribution is 4.91. The van der Waals surface area contributed by atoms with E-state index >= 15 is 0 Å². The molecule has 0 aliphatic carbocycles. The predicted octanol–water partition coefficient (Wildman–Crippen LogP) is 1.42. The summed E-state index contributed by atoms with van der Waals surface area (Å²) in [6, 6.07) is 0. The normalized spacial score (nSPS) is 34.0. The maximum atomic E-state index is 2.60. The Morgan fingerprint density at radius 1 is 1.25 bits per heavy atom. The highest BCUT2D eigenvalue weighted by atomic mass is 15.3. The second-order valence-electron chi connectivity index (χ2n) is 4.17. The first-order valence-electron chi connectivity index (χ1n) is 5.06. The van der Waals surface area contributed by atoms with E-state index in [-0.39, 0.29) is 0 Å². The maximum absolute atomic E-state index is 2.60. The molecular formula is C10H22N2. The van der Waals surface area contributed by atoms with E-state index < -0.39 is 0 Å². The zero-order chi connectivity index (χ0) is 9.19. The Morgan fingerprint density at radius 2 is 1.92 bits per heavy atom. The van der Waals surface area contributed by atoms with Crippen LogP contribution in [0.3, 0.4) is 0 Å². The Hall–Kier alpha value is -0.0800. The molecule has 0 aromatic heterocycles. The third-order valence-corrected chi connectivity index (χ3v) is 3.27. The van der Waals surface area contributed by atoms with Crippen molar-refractivity contribution in [2.24, 2.45) is 0 Å². The van der Waals surface area contributed by atoms with Gasteiger partial charge in [0.1, 0.15) is 0 Å². The summed E-state index contributed by atoms with van der Waals surface area (Å²) in [5.74, 6) is 0. The van der Waals surface area contributed by atoms with Gasteiger partial charge >= 0.3 is 0 Å². The van der Waals surface area contributed by atoms with Gasteiger partial charge in [-0.1, -0.05) is 13.8 Å². The zero-order valence-corrected chi connectivity index (χ0v) is 8.93. The molecule has 2 nitrogen and oxygen atoms in total. The summed E-state index contributed by atoms with van der Waals surface area (Å²) < 4.78 is 0. The minimum Gasteiger partial charge on any atom is -0.303 e. The van der Waals surface area contributed by atoms with Crippen LogP contribution in [0.1, 0.15) is 27.2 Å². The van der Waals surface area contributed by atoms with Gasteiger partial charge in [0.2, 0.25) is 0 Å². The first-order chi connectivity index (χ1) is 5.62. The Bertz CT molecular complexity index is 147. The summed E-state index contributed by atoms with van der Waals surface area (Å²) in [7, 11) is 2.22. The van der Waals surface area contributed by atoms with E-state index in [2.05, 4.69) is 37.6 Å². The van der Waals surface area contributed by atoms with E-state index in [0.717, 1.165) is 0 Å². The number of likely N-dealkylation sites (N-methyl/N-ethyl adjacent to an activating group) is 2. The first kappa shape index (κ1) is 10.0. The van der Waals surface area contributed by atoms with Crippen LogP contribution in [0.5, 0.6) is 0 Å². The summed E-state index contributed by atoms with van der Waals surface area (Å²) in [6.07, 6.45) is 1.26. The molecule has 0 spiro atoms. The molecule has 1 saturated heterocycles. The molecule has 1 rings (SSSR count). The van der Waals surface area contributed by atoms with Crippen LogP contribution in [0.4, 0.5) is 0 Å². The fourth-order valence-electron chi connectivity index (χ4n) is 2.20. The minimum atomic E-state index is 0.418. The van der Waals surface area contributed by atoms with E-state index in [4.69, 9.17) is 0 Å². The molecule has 2 heteroatoms. The van der Waals surface area contributed by atoms with Gasteiger partial charge in [-0.25, -0.2) is 0 Å². The van der Waals surface area contributed by atoms with Gasteiger partial charge in [-0.3, -0.25) is 4.90 Å². The van der Waals surface area contributed by atoms with Crippen molar-refractivity contribution in [2.75, 3.05) is 33.2 Å². The Kier molecular flexibility index (Phi) is 3.13. The van der Waals surface area contributed by atoms with Gasteiger partial charge in [0.15, 0.2) is 0 Å². The molecule has 12 heavy (non-hydrogen) atoms. The van der Waals surface area contributed by atoms with Crippen LogP contribution in [0.25, 0.3) is 0 Å². The summed E-state index contributed by atoms with van der Waals surface area (Å²) >= 11 is 0. The van der Waals surface area contributed by atoms with E-state index in [0.29, 0.717) is 5.54 Å². The van der Waals surface area contributed by atoms with E-state index in [1.165, 1.54) is 32.6 Å². The van der Waals surface area contributed by atoms with Gasteiger partial charge in [-0.15, -0.1) is 0 Å². The van der Waals surface area contributed by atoms with Gasteiger partial charge in [0.05, 0.1) is 0 Å². The number of hydrogen-bond donors (Lipinski definition) is 0. The van der Waals surface area contributed by atoms with Crippen molar-refractivity contribution in [1.29, 1.82) is 0 Å². The van der Waals surface area contributed by atoms with Crippen LogP contribution in [-0.4, -0.2) is 48.6 Å². The fourth-order valence-corrected chi connectivity index (χ4v) is 2.20. The molecule has 1 aliphatic rings. The lowest BCUT2D eigenvalue weighted by molar-refractivity contribution is 0.0206. The lowest BCUT2D eigenvalue weighted by atomic mass is 9.93. The van der Waals surface area contributed by atoms with E-state index in [1.54, 1.807) is 0 Å². The molecule has 0 aromatic rings. The number of piperazine rings is 1. The molecule has 0 saturated carbocycles. The maximum Gasteiger partial charge on any atom is 0.0306 e. The second kappa shape index (κ2) is 3.75. The van der Waals surface area contributed by atoms with Crippen molar-refractivity contribution in [3.05, 3.63) is 0 Å². The molecule has 72 valence electrons. The Morgan fingerprint density at radius 3 is 2.42 bits per heavy atom. The lowest BCUT2D eigenvalue weighted by Crippen LogP contribution is -2.59. The van der Waals surface area contributed by atoms with Gasteiger partial charge in [-0.05, 0) is 26.9 Å². The summed E-state index contributed by atoms with van der Waals surface area (Å²) in [5.41, 5.74) is 0.418. The Balaban J connectivity index is 2.63. The van der Waals surface area contributed by atoms with E-state index in [9.17, 15) is 0 Å². The number of nitrogens with zero attached hydrogens (tertiary/aromatic N) is 2. The molecule has 0 N–H and O–H groups in total. The van der Waals surface area contributed by atoms with E-state index in [1.807, 2.05) is 0 Å². The van der Waals surface area contributed by atoms with Crippen molar-refractivity contribution >= 4 is 0 Å². The highest BCUT2D eigenvalue weighted by Gasteiger charge is 2.33. The molecule has 1 atom stereocenters. The Labute approximate surface area is 76.5 Å². The standard InChI is InChI=1S/C10H22N2/c1-5-10(3)9-11(4)7-8-12(10)6-2/h5-9H2,1-4H3/t10-/m1/s1. The van der Waals surface area contributed by atoms with Crippen LogP contribution in [0, 0.1) is 0 Å². The average Bonchev–Trinajstić information content (AvgIpc) is 2.05. The average molecular weight is 170 g/mol. The molecule has 1 fully saturated rings. The summed E-state index contributed by atoms with van der Waals surface area (Å²) in [5, 5.41) is 0. The monoisotopic (exact) mass is 170 g/mol. The first-order valence-corrected chi connectivity index (χ1v) is 5.06. The summed E-state index contributed by atoms with van der Waals surface area (Å²) in [6.45, 7) is 11.8. The highest BCUT2D eigenvalue weighted by Crippen LogP contribution is 2.23. The lowest BCUT2D eigenvalue weighted by Gasteiger charge is -2.47. The molecule has 1 aliphatic heterocycles. The van der Waals surface area contributed by atoms with Crippen LogP contribution >= 0.6 is 0 Å². The third kappa shape index (κ3) is 1.80. The molecule has 1 heterocycles. The van der Waals surface area contributed by atoms with Crippen LogP contribution in [-0.2, 0) is 0 Å². The predicted molar refractivity (Wildman–Crippen MR) is 53.4 cm³/mol. The number of hydrogen-bond acceptors (Lipinski definition) is 2. The van der Waals surface area contributed by atoms with Gasteiger partial charge in [0.25, 0.3) is 0 Å². The largest absolute Gasteiger partial charge is 0.303 e. The van der Waals surface area contributed by atoms with Crippen LogP contribution < -0.4 is 0 Å². The topological polar surface area (TPSA) is 6.48 Å². The van der Waals surface area contributed by atoms with Crippen LogP contribution in [0.2, 0.25) is 0 Å². The number of rotatable bonds is 2. The molecule has 0 bridgehead atoms. The van der Waals surface area contributed by atoms with Gasteiger partial charge < -0.3 is 4.90 Å². The van der Waals surface area contributed by atoms with Gasteiger partial charge in [0, 0.05) is 25.2 Å². The van der Waals surface area contributed by atoms with Crippen molar-refractivity contribution in [2.45, 2.75) is 32.7 Å². The summed E-state index contributed by atoms with van der Waals surface area (Å²) in [4.78, 5) is 5.04. The molecular weight excluding hydrogens is 148 g/mol. The van der Waals surface area contributed by atoms with Crippen LogP contribution in [0.15, 0.2) is 0 Å². The van der Waals surface area contributed by atoms with Crippen molar-refractivity contribution in [3.8, 4) is 0 Å². The van der Waals surface area contributed by atoms with Crippen molar-refractivity contribution < 1.29 is 0 Å². The van der Waals surface area contributed by atoms with Gasteiger partial charge in [-0.2, -0.15) is 0 Å². The third-order valence-electron chi connectivity index (χ3n) is 3.27. The molecule has 0 aromatic carbocycles. The smallest absolute Gasteiger partial charge is 0.0306 e. The fraction of sp³-hybridized carbons (Fsp3) is 1.00. The zero-order valence-electron chi connectivity index (χ0n) is 8.93. The molecule has 0 amide bonds. The van der Waals surface area contributed by atoms with Crippen molar-refractivity contribution in [3.63, 3.8) is 0 Å². The molecule has 0 radical (unpaired) electrons. The quantitative estimate of drug-likeness (QED) is 0.618. The SMILES string of the molecule is CCN1CCN(C)C[C@@]1(C)CC. The van der Waals surface area contributed by atoms with Crippen molar-refractivity contribution in [1.82, 2.24) is 9.80 Å².